The third-order valence-corrected chi connectivity index (χ3v) is 4.95. The first kappa shape index (κ1) is 20.7. The second-order valence-electron chi connectivity index (χ2n) is 7.32. The highest BCUT2D eigenvalue weighted by molar-refractivity contribution is 5.63. The Morgan fingerprint density at radius 3 is 2.71 bits per heavy atom. The predicted octanol–water partition coefficient (Wildman–Crippen LogP) is 5.17. The van der Waals surface area contributed by atoms with Crippen LogP contribution >= 0.6 is 0 Å². The lowest BCUT2D eigenvalue weighted by Gasteiger charge is -2.07. The Kier molecular flexibility index (Phi) is 6.66. The number of nitrogens with one attached hydrogen (secondary N) is 1. The van der Waals surface area contributed by atoms with Gasteiger partial charge in [-0.15, -0.1) is 0 Å². The summed E-state index contributed by atoms with van der Waals surface area (Å²) in [6.45, 7) is 3.38. The Labute approximate surface area is 180 Å². The average molecular weight is 420 g/mol. The van der Waals surface area contributed by atoms with Gasteiger partial charge in [-0.2, -0.15) is 5.10 Å². The minimum atomic E-state index is -0.473. The summed E-state index contributed by atoms with van der Waals surface area (Å²) in [5, 5.41) is 11.8. The Morgan fingerprint density at radius 1 is 1.06 bits per heavy atom. The summed E-state index contributed by atoms with van der Waals surface area (Å²) in [7, 11) is 0. The van der Waals surface area contributed by atoms with Crippen LogP contribution in [0.4, 0.5) is 10.2 Å². The summed E-state index contributed by atoms with van der Waals surface area (Å²) in [5.41, 5.74) is 3.07. The van der Waals surface area contributed by atoms with Crippen molar-refractivity contribution in [3.63, 3.8) is 0 Å². The molecule has 0 atom stereocenters. The van der Waals surface area contributed by atoms with E-state index in [1.165, 1.54) is 18.9 Å². The van der Waals surface area contributed by atoms with E-state index in [-0.39, 0.29) is 5.82 Å². The van der Waals surface area contributed by atoms with Crippen LogP contribution in [0.15, 0.2) is 59.4 Å². The number of halogens is 1. The van der Waals surface area contributed by atoms with Crippen LogP contribution in [0.25, 0.3) is 22.9 Å². The number of aromatic nitrogens is 5. The van der Waals surface area contributed by atoms with Crippen molar-refractivity contribution in [1.82, 2.24) is 24.9 Å². The number of anilines is 1. The molecule has 7 nitrogen and oxygen atoms in total. The van der Waals surface area contributed by atoms with E-state index in [4.69, 9.17) is 4.52 Å². The van der Waals surface area contributed by atoms with Gasteiger partial charge in [0.2, 0.25) is 0 Å². The summed E-state index contributed by atoms with van der Waals surface area (Å²) in [6, 6.07) is 13.6. The topological polar surface area (TPSA) is 81.7 Å². The second kappa shape index (κ2) is 9.97. The normalized spacial score (nSPS) is 11.0. The summed E-state index contributed by atoms with van der Waals surface area (Å²) in [5.74, 6) is 0.0794. The van der Waals surface area contributed by atoms with Crippen LogP contribution in [0.1, 0.15) is 38.2 Å². The molecule has 160 valence electrons. The number of hydrogen-bond donors (Lipinski definition) is 1. The first-order valence-corrected chi connectivity index (χ1v) is 10.5. The van der Waals surface area contributed by atoms with Crippen LogP contribution < -0.4 is 5.32 Å². The van der Waals surface area contributed by atoms with Crippen molar-refractivity contribution in [1.29, 1.82) is 0 Å². The highest BCUT2D eigenvalue weighted by atomic mass is 19.1. The van der Waals surface area contributed by atoms with Crippen molar-refractivity contribution < 1.29 is 8.91 Å². The van der Waals surface area contributed by atoms with Gasteiger partial charge in [-0.3, -0.25) is 4.68 Å². The molecule has 0 unspecified atom stereocenters. The van der Waals surface area contributed by atoms with Crippen molar-refractivity contribution in [3.8, 4) is 22.9 Å². The van der Waals surface area contributed by atoms with E-state index in [1.807, 2.05) is 41.1 Å². The largest absolute Gasteiger partial charge is 0.368 e. The molecule has 8 heteroatoms. The smallest absolute Gasteiger partial charge is 0.183 e. The molecule has 0 saturated carbocycles. The van der Waals surface area contributed by atoms with Crippen molar-refractivity contribution in [2.75, 3.05) is 11.9 Å². The van der Waals surface area contributed by atoms with Crippen LogP contribution in [-0.2, 0) is 6.54 Å². The summed E-state index contributed by atoms with van der Waals surface area (Å²) >= 11 is 0. The fourth-order valence-electron chi connectivity index (χ4n) is 3.33. The lowest BCUT2D eigenvalue weighted by atomic mass is 10.2. The molecular weight excluding hydrogens is 395 g/mol. The van der Waals surface area contributed by atoms with Gasteiger partial charge in [0, 0.05) is 12.6 Å². The molecule has 1 N–H and O–H groups in total. The molecule has 0 fully saturated rings. The Balaban J connectivity index is 1.60. The molecule has 0 saturated heterocycles. The van der Waals surface area contributed by atoms with Crippen molar-refractivity contribution in [2.24, 2.45) is 0 Å². The van der Waals surface area contributed by atoms with Crippen molar-refractivity contribution in [3.05, 3.63) is 66.3 Å². The minimum absolute atomic E-state index is 0.196. The zero-order chi connectivity index (χ0) is 21.5. The van der Waals surface area contributed by atoms with E-state index >= 15 is 0 Å². The summed E-state index contributed by atoms with van der Waals surface area (Å²) in [6.07, 6.45) is 7.10. The number of hydrogen-bond acceptors (Lipinski definition) is 6. The summed E-state index contributed by atoms with van der Waals surface area (Å²) < 4.78 is 21.1. The fraction of sp³-hybridized carbons (Fsp3) is 0.304. The lowest BCUT2D eigenvalue weighted by Crippen LogP contribution is -2.07. The molecule has 3 aromatic heterocycles. The maximum atomic E-state index is 14.2. The van der Waals surface area contributed by atoms with Gasteiger partial charge in [0.1, 0.15) is 17.7 Å². The van der Waals surface area contributed by atoms with E-state index in [0.717, 1.165) is 30.5 Å². The SMILES string of the molecule is CCCCCCNc1nc(-c2cc(-c3ccon3)n(Cc3ccccc3)n2)ncc1F. The molecule has 0 radical (unpaired) electrons. The molecule has 0 aliphatic rings. The molecule has 1 aromatic carbocycles. The number of benzene rings is 1. The lowest BCUT2D eigenvalue weighted by molar-refractivity contribution is 0.421. The van der Waals surface area contributed by atoms with Gasteiger partial charge in [-0.05, 0) is 18.1 Å². The van der Waals surface area contributed by atoms with E-state index < -0.39 is 5.82 Å². The molecule has 0 amide bonds. The molecule has 0 spiro atoms. The zero-order valence-corrected chi connectivity index (χ0v) is 17.5. The maximum Gasteiger partial charge on any atom is 0.183 e. The Bertz CT molecular complexity index is 1090. The van der Waals surface area contributed by atoms with Gasteiger partial charge < -0.3 is 9.84 Å². The van der Waals surface area contributed by atoms with Gasteiger partial charge in [0.15, 0.2) is 17.5 Å². The molecule has 4 aromatic rings. The Morgan fingerprint density at radius 2 is 1.94 bits per heavy atom. The maximum absolute atomic E-state index is 14.2. The van der Waals surface area contributed by atoms with Gasteiger partial charge in [-0.25, -0.2) is 14.4 Å². The van der Waals surface area contributed by atoms with Gasteiger partial charge >= 0.3 is 0 Å². The first-order valence-electron chi connectivity index (χ1n) is 10.5. The van der Waals surface area contributed by atoms with Gasteiger partial charge in [0.05, 0.1) is 18.4 Å². The van der Waals surface area contributed by atoms with Crippen LogP contribution in [0, 0.1) is 5.82 Å². The Hall–Kier alpha value is -3.55. The van der Waals surface area contributed by atoms with Gasteiger partial charge in [-0.1, -0.05) is 61.7 Å². The van der Waals surface area contributed by atoms with E-state index in [9.17, 15) is 4.39 Å². The summed E-state index contributed by atoms with van der Waals surface area (Å²) in [4.78, 5) is 8.55. The third kappa shape index (κ3) is 5.14. The number of rotatable bonds is 10. The molecule has 0 aliphatic heterocycles. The quantitative estimate of drug-likeness (QED) is 0.356. The standard InChI is InChI=1S/C23H25FN6O/c1-2-3-4-8-12-25-22-18(24)15-26-23(27-22)20-14-21(19-11-13-31-29-19)30(28-20)16-17-9-6-5-7-10-17/h5-7,9-11,13-15H,2-4,8,12,16H2,1H3,(H,25,26,27). The van der Waals surface area contributed by atoms with Crippen LogP contribution in [0.2, 0.25) is 0 Å². The highest BCUT2D eigenvalue weighted by Crippen LogP contribution is 2.25. The number of unbranched alkanes of at least 4 members (excludes halogenated alkanes) is 3. The molecule has 3 heterocycles. The fourth-order valence-corrected chi connectivity index (χ4v) is 3.33. The van der Waals surface area contributed by atoms with Crippen molar-refractivity contribution >= 4 is 5.82 Å². The van der Waals surface area contributed by atoms with E-state index in [0.29, 0.717) is 30.3 Å². The van der Waals surface area contributed by atoms with Crippen LogP contribution in [0.3, 0.4) is 0 Å². The zero-order valence-electron chi connectivity index (χ0n) is 17.5. The van der Waals surface area contributed by atoms with Gasteiger partial charge in [0.25, 0.3) is 0 Å². The molecule has 4 rings (SSSR count). The first-order chi connectivity index (χ1) is 15.2. The monoisotopic (exact) mass is 420 g/mol. The van der Waals surface area contributed by atoms with Crippen molar-refractivity contribution in [2.45, 2.75) is 39.2 Å². The predicted molar refractivity (Wildman–Crippen MR) is 117 cm³/mol. The molecule has 0 aliphatic carbocycles. The third-order valence-electron chi connectivity index (χ3n) is 4.95. The molecular formula is C23H25FN6O. The number of nitrogens with zero attached hydrogens (tertiary/aromatic N) is 5. The second-order valence-corrected chi connectivity index (χ2v) is 7.32. The van der Waals surface area contributed by atoms with E-state index in [1.54, 1.807) is 6.07 Å². The van der Waals surface area contributed by atoms with E-state index in [2.05, 4.69) is 32.5 Å². The molecule has 0 bridgehead atoms. The van der Waals surface area contributed by atoms with Crippen LogP contribution in [-0.4, -0.2) is 31.4 Å². The molecule has 31 heavy (non-hydrogen) atoms. The highest BCUT2D eigenvalue weighted by Gasteiger charge is 2.17. The van der Waals surface area contributed by atoms with Crippen LogP contribution in [0.5, 0.6) is 0 Å². The average Bonchev–Trinajstić information content (AvgIpc) is 3.46. The minimum Gasteiger partial charge on any atom is -0.368 e.